The van der Waals surface area contributed by atoms with Gasteiger partial charge in [-0.25, -0.2) is 9.13 Å². The first kappa shape index (κ1) is 102. The molecule has 3 N–H and O–H groups in total. The van der Waals surface area contributed by atoms with Crippen molar-refractivity contribution < 1.29 is 80.2 Å². The van der Waals surface area contributed by atoms with E-state index in [2.05, 4.69) is 48.5 Å². The van der Waals surface area contributed by atoms with E-state index in [0.29, 0.717) is 25.7 Å². The zero-order valence-electron chi connectivity index (χ0n) is 68.5. The summed E-state index contributed by atoms with van der Waals surface area (Å²) in [6.07, 6.45) is 65.2. The lowest BCUT2D eigenvalue weighted by Crippen LogP contribution is -2.30. The Bertz CT molecular complexity index is 2010. The van der Waals surface area contributed by atoms with Gasteiger partial charge in [-0.2, -0.15) is 0 Å². The Labute approximate surface area is 638 Å². The van der Waals surface area contributed by atoms with E-state index in [9.17, 15) is 43.2 Å². The second-order valence-corrected chi connectivity index (χ2v) is 34.4. The van der Waals surface area contributed by atoms with E-state index in [1.807, 2.05) is 0 Å². The fourth-order valence-corrected chi connectivity index (χ4v) is 14.7. The van der Waals surface area contributed by atoms with Gasteiger partial charge in [0, 0.05) is 25.7 Å². The maximum Gasteiger partial charge on any atom is 0.472 e. The van der Waals surface area contributed by atoms with Crippen molar-refractivity contribution in [3.63, 3.8) is 0 Å². The van der Waals surface area contributed by atoms with Crippen molar-refractivity contribution in [3.05, 3.63) is 0 Å². The van der Waals surface area contributed by atoms with E-state index in [0.717, 1.165) is 108 Å². The van der Waals surface area contributed by atoms with Crippen LogP contribution in [-0.4, -0.2) is 96.7 Å². The van der Waals surface area contributed by atoms with Gasteiger partial charge in [-0.1, -0.05) is 395 Å². The number of hydrogen-bond donors (Lipinski definition) is 3. The van der Waals surface area contributed by atoms with E-state index in [4.69, 9.17) is 37.0 Å². The second kappa shape index (κ2) is 75.1. The number of phosphoric ester groups is 2. The van der Waals surface area contributed by atoms with Crippen LogP contribution in [0.2, 0.25) is 0 Å². The number of ether oxygens (including phenoxy) is 4. The van der Waals surface area contributed by atoms with Crippen LogP contribution in [0.3, 0.4) is 0 Å². The number of aliphatic hydroxyl groups is 1. The molecule has 0 heterocycles. The predicted octanol–water partition coefficient (Wildman–Crippen LogP) is 25.7. The highest BCUT2D eigenvalue weighted by molar-refractivity contribution is 7.47. The van der Waals surface area contributed by atoms with Crippen molar-refractivity contribution in [3.8, 4) is 0 Å². The summed E-state index contributed by atoms with van der Waals surface area (Å²) in [5.74, 6) is 0.273. The molecule has 0 amide bonds. The standard InChI is InChI=1S/C85H166O17P2/c1-8-11-12-13-14-15-16-17-18-19-20-21-22-23-24-29-32-38-47-54-61-68-84(89)101-80(72-95-82(87)66-59-52-45-37-31-28-26-25-27-30-35-42-49-56-63-76(4)5)74-99-103(91,92)97-70-79(86)71-98-104(93,94)100-75-81(73-96-83(88)67-60-53-46-41-40-44-51-58-65-78(7)10-3)102-85(90)69-62-55-48-39-34-33-36-43-50-57-64-77(6)9-2/h76-81,86H,8-75H2,1-7H3,(H,91,92)(H,93,94)/t77?,78?,79-,80-,81-/m1/s1. The topological polar surface area (TPSA) is 237 Å². The van der Waals surface area contributed by atoms with E-state index in [-0.39, 0.29) is 25.7 Å². The second-order valence-electron chi connectivity index (χ2n) is 31.5. The summed E-state index contributed by atoms with van der Waals surface area (Å²) in [6, 6.07) is 0. The normalized spacial score (nSPS) is 14.4. The Morgan fingerprint density at radius 2 is 0.490 bits per heavy atom. The summed E-state index contributed by atoms with van der Waals surface area (Å²) in [5.41, 5.74) is 0. The van der Waals surface area contributed by atoms with Crippen molar-refractivity contribution in [1.82, 2.24) is 0 Å². The molecule has 0 aliphatic rings. The molecule has 7 atom stereocenters. The van der Waals surface area contributed by atoms with E-state index < -0.39 is 97.5 Å². The number of carbonyl (C=O) groups is 4. The van der Waals surface area contributed by atoms with Crippen LogP contribution < -0.4 is 0 Å². The molecule has 0 saturated carbocycles. The first-order valence-corrected chi connectivity index (χ1v) is 46.9. The minimum Gasteiger partial charge on any atom is -0.462 e. The first-order valence-electron chi connectivity index (χ1n) is 43.9. The third kappa shape index (κ3) is 75.5. The van der Waals surface area contributed by atoms with Crippen LogP contribution in [0.25, 0.3) is 0 Å². The zero-order chi connectivity index (χ0) is 76.5. The zero-order valence-corrected chi connectivity index (χ0v) is 70.3. The molecule has 0 rings (SSSR count). The van der Waals surface area contributed by atoms with Crippen molar-refractivity contribution in [2.45, 2.75) is 465 Å². The van der Waals surface area contributed by atoms with E-state index in [1.54, 1.807) is 0 Å². The smallest absolute Gasteiger partial charge is 0.462 e. The van der Waals surface area contributed by atoms with Crippen LogP contribution in [0.1, 0.15) is 447 Å². The molecule has 0 aromatic rings. The average Bonchev–Trinajstić information content (AvgIpc) is 0.912. The van der Waals surface area contributed by atoms with Crippen molar-refractivity contribution in [1.29, 1.82) is 0 Å². The van der Waals surface area contributed by atoms with Gasteiger partial charge in [0.25, 0.3) is 0 Å². The van der Waals surface area contributed by atoms with Crippen LogP contribution >= 0.6 is 15.6 Å². The molecule has 0 radical (unpaired) electrons. The third-order valence-electron chi connectivity index (χ3n) is 20.6. The fourth-order valence-electron chi connectivity index (χ4n) is 13.1. The summed E-state index contributed by atoms with van der Waals surface area (Å²) < 4.78 is 68.9. The van der Waals surface area contributed by atoms with Crippen molar-refractivity contribution in [2.75, 3.05) is 39.6 Å². The fraction of sp³-hybridized carbons (Fsp3) is 0.953. The van der Waals surface area contributed by atoms with Crippen LogP contribution in [0.5, 0.6) is 0 Å². The summed E-state index contributed by atoms with van der Waals surface area (Å²) in [6.45, 7) is 12.0. The molecule has 0 spiro atoms. The molecule has 0 fully saturated rings. The largest absolute Gasteiger partial charge is 0.472 e. The molecule has 4 unspecified atom stereocenters. The number of rotatable bonds is 83. The Balaban J connectivity index is 5.25. The maximum absolute atomic E-state index is 13.1. The lowest BCUT2D eigenvalue weighted by molar-refractivity contribution is -0.161. The van der Waals surface area contributed by atoms with Gasteiger partial charge in [0.05, 0.1) is 26.4 Å². The first-order chi connectivity index (χ1) is 50.3. The van der Waals surface area contributed by atoms with Crippen LogP contribution in [-0.2, 0) is 65.4 Å². The quantitative estimate of drug-likeness (QED) is 0.0222. The van der Waals surface area contributed by atoms with Crippen LogP contribution in [0, 0.1) is 17.8 Å². The Morgan fingerprint density at radius 1 is 0.279 bits per heavy atom. The molecule has 19 heteroatoms. The molecule has 0 saturated heterocycles. The highest BCUT2D eigenvalue weighted by atomic mass is 31.2. The summed E-state index contributed by atoms with van der Waals surface area (Å²) in [4.78, 5) is 73.2. The van der Waals surface area contributed by atoms with Gasteiger partial charge in [-0.3, -0.25) is 37.3 Å². The monoisotopic (exact) mass is 1520 g/mol. The molecular weight excluding hydrogens is 1350 g/mol. The highest BCUT2D eigenvalue weighted by Gasteiger charge is 2.30. The number of aliphatic hydroxyl groups excluding tert-OH is 1. The molecule has 17 nitrogen and oxygen atoms in total. The van der Waals surface area contributed by atoms with E-state index in [1.165, 1.54) is 257 Å². The molecular formula is C85H166O17P2. The molecule has 0 aromatic heterocycles. The van der Waals surface area contributed by atoms with Crippen LogP contribution in [0.15, 0.2) is 0 Å². The third-order valence-corrected chi connectivity index (χ3v) is 22.5. The number of carbonyl (C=O) groups excluding carboxylic acids is 4. The van der Waals surface area contributed by atoms with Crippen LogP contribution in [0.4, 0.5) is 0 Å². The maximum atomic E-state index is 13.1. The molecule has 0 aliphatic carbocycles. The summed E-state index contributed by atoms with van der Waals surface area (Å²) in [7, 11) is -9.93. The predicted molar refractivity (Wildman–Crippen MR) is 428 cm³/mol. The summed E-state index contributed by atoms with van der Waals surface area (Å²) in [5, 5.41) is 10.7. The number of phosphoric acid groups is 2. The van der Waals surface area contributed by atoms with Gasteiger partial charge in [0.15, 0.2) is 12.2 Å². The Kier molecular flexibility index (Phi) is 73.7. The number of esters is 4. The van der Waals surface area contributed by atoms with Crippen molar-refractivity contribution in [2.24, 2.45) is 17.8 Å². The SMILES string of the molecule is CCCCCCCCCCCCCCCCCCCCCCCC(=O)O[C@H](COC(=O)CCCCCCCCCCCCCCCCC(C)C)COP(=O)(O)OC[C@@H](O)COP(=O)(O)OC[C@@H](COC(=O)CCCCCCCCCCC(C)CC)OC(=O)CCCCCCCCCCCCC(C)CC. The lowest BCUT2D eigenvalue weighted by atomic mass is 9.99. The molecule has 0 bridgehead atoms. The summed E-state index contributed by atoms with van der Waals surface area (Å²) >= 11 is 0. The minimum atomic E-state index is -4.97. The molecule has 104 heavy (non-hydrogen) atoms. The van der Waals surface area contributed by atoms with Gasteiger partial charge in [-0.15, -0.1) is 0 Å². The molecule has 0 aliphatic heterocycles. The van der Waals surface area contributed by atoms with Crippen molar-refractivity contribution >= 4 is 39.5 Å². The Hall–Kier alpha value is -1.94. The van der Waals surface area contributed by atoms with Gasteiger partial charge >= 0.3 is 39.5 Å². The number of unbranched alkanes of at least 4 members (excludes halogenated alkanes) is 49. The lowest BCUT2D eigenvalue weighted by Gasteiger charge is -2.21. The van der Waals surface area contributed by atoms with Gasteiger partial charge < -0.3 is 33.8 Å². The van der Waals surface area contributed by atoms with E-state index >= 15 is 0 Å². The minimum absolute atomic E-state index is 0.106. The highest BCUT2D eigenvalue weighted by Crippen LogP contribution is 2.45. The molecule has 0 aromatic carbocycles. The molecule has 618 valence electrons. The van der Waals surface area contributed by atoms with Gasteiger partial charge in [0.1, 0.15) is 19.3 Å². The number of hydrogen-bond acceptors (Lipinski definition) is 15. The Morgan fingerprint density at radius 3 is 0.731 bits per heavy atom. The van der Waals surface area contributed by atoms with Gasteiger partial charge in [-0.05, 0) is 43.4 Å². The van der Waals surface area contributed by atoms with Gasteiger partial charge in [0.2, 0.25) is 0 Å². The average molecular weight is 1520 g/mol.